The molecule has 1 atom stereocenters. The summed E-state index contributed by atoms with van der Waals surface area (Å²) in [6.45, 7) is 4.22. The Balaban J connectivity index is 1.47. The van der Waals surface area contributed by atoms with E-state index in [9.17, 15) is 4.79 Å². The average Bonchev–Trinajstić information content (AvgIpc) is 3.49. The lowest BCUT2D eigenvalue weighted by molar-refractivity contribution is -0.138. The van der Waals surface area contributed by atoms with Gasteiger partial charge in [-0.25, -0.2) is 0 Å². The van der Waals surface area contributed by atoms with Crippen LogP contribution in [0.15, 0.2) is 47.1 Å². The fourth-order valence-electron chi connectivity index (χ4n) is 4.67. The molecule has 8 nitrogen and oxygen atoms in total. The highest BCUT2D eigenvalue weighted by Crippen LogP contribution is 2.40. The van der Waals surface area contributed by atoms with E-state index in [-0.39, 0.29) is 18.6 Å². The second kappa shape index (κ2) is 7.87. The lowest BCUT2D eigenvalue weighted by Crippen LogP contribution is -2.28. The van der Waals surface area contributed by atoms with Crippen LogP contribution in [0.25, 0.3) is 33.7 Å². The number of nitrogens with zero attached hydrogens (tertiary/aromatic N) is 5. The van der Waals surface area contributed by atoms with E-state index >= 15 is 0 Å². The van der Waals surface area contributed by atoms with Crippen molar-refractivity contribution in [2.75, 3.05) is 13.6 Å². The van der Waals surface area contributed by atoms with Gasteiger partial charge in [0.2, 0.25) is 5.82 Å². The van der Waals surface area contributed by atoms with Gasteiger partial charge in [-0.1, -0.05) is 23.4 Å². The molecule has 0 bridgehead atoms. The van der Waals surface area contributed by atoms with E-state index in [1.807, 2.05) is 53.2 Å². The van der Waals surface area contributed by atoms with Crippen LogP contribution < -0.4 is 0 Å². The zero-order valence-electron chi connectivity index (χ0n) is 18.3. The maximum Gasteiger partial charge on any atom is 0.317 e. The minimum Gasteiger partial charge on any atom is -0.480 e. The molecule has 0 fully saturated rings. The molecule has 2 aromatic heterocycles. The summed E-state index contributed by atoms with van der Waals surface area (Å²) in [4.78, 5) is 17.7. The molecule has 0 saturated heterocycles. The number of carbonyl (C=O) groups is 1. The van der Waals surface area contributed by atoms with Gasteiger partial charge in [0.15, 0.2) is 0 Å². The molecule has 1 aliphatic rings. The molecule has 32 heavy (non-hydrogen) atoms. The molecule has 0 amide bonds. The fraction of sp³-hybridized carbons (Fsp3) is 0.333. The van der Waals surface area contributed by atoms with Crippen LogP contribution in [-0.4, -0.2) is 49.5 Å². The quantitative estimate of drug-likeness (QED) is 0.485. The molecule has 5 rings (SSSR count). The summed E-state index contributed by atoms with van der Waals surface area (Å²) in [6, 6.07) is 12.4. The zero-order chi connectivity index (χ0) is 22.4. The first-order chi connectivity index (χ1) is 15.4. The first kappa shape index (κ1) is 20.4. The van der Waals surface area contributed by atoms with E-state index in [0.29, 0.717) is 11.7 Å². The first-order valence-corrected chi connectivity index (χ1v) is 10.8. The number of hydrogen-bond acceptors (Lipinski definition) is 6. The second-order valence-corrected chi connectivity index (χ2v) is 8.62. The minimum atomic E-state index is -0.823. The monoisotopic (exact) mass is 431 g/mol. The molecule has 2 aromatic carbocycles. The third-order valence-corrected chi connectivity index (χ3v) is 6.15. The van der Waals surface area contributed by atoms with Crippen LogP contribution in [0, 0.1) is 0 Å². The van der Waals surface area contributed by atoms with Crippen LogP contribution in [0.4, 0.5) is 0 Å². The van der Waals surface area contributed by atoms with E-state index < -0.39 is 5.97 Å². The molecule has 1 N–H and O–H groups in total. The van der Waals surface area contributed by atoms with Gasteiger partial charge in [-0.15, -0.1) is 0 Å². The Labute approximate surface area is 185 Å². The molecule has 4 aromatic rings. The highest BCUT2D eigenvalue weighted by molar-refractivity contribution is 5.83. The van der Waals surface area contributed by atoms with Gasteiger partial charge in [0, 0.05) is 28.6 Å². The van der Waals surface area contributed by atoms with Crippen molar-refractivity contribution in [3.05, 3.63) is 53.7 Å². The number of fused-ring (bicyclic) bond motifs is 2. The Morgan fingerprint density at radius 3 is 2.94 bits per heavy atom. The maximum atomic E-state index is 11.1. The van der Waals surface area contributed by atoms with Crippen molar-refractivity contribution in [3.63, 3.8) is 0 Å². The minimum absolute atomic E-state index is 0.0105. The number of likely N-dealkylation sites (N-methyl/N-ethyl adjacent to an activating group) is 1. The van der Waals surface area contributed by atoms with Gasteiger partial charge in [0.25, 0.3) is 5.89 Å². The Bertz CT molecular complexity index is 1310. The standard InChI is InChI=1S/C24H25N5O3/c1-14(2)29-20-9-7-15(11-16(20)12-25-29)24-26-23(27-32-24)19-6-4-5-18-17(19)8-10-21(18)28(3)13-22(30)31/h4-7,9,11-12,14,21H,8,10,13H2,1-3H3,(H,30,31). The summed E-state index contributed by atoms with van der Waals surface area (Å²) in [7, 11) is 1.85. The Morgan fingerprint density at radius 1 is 1.31 bits per heavy atom. The van der Waals surface area contributed by atoms with Crippen molar-refractivity contribution in [1.29, 1.82) is 0 Å². The van der Waals surface area contributed by atoms with Gasteiger partial charge in [0.1, 0.15) is 0 Å². The van der Waals surface area contributed by atoms with Crippen LogP contribution in [0.2, 0.25) is 0 Å². The van der Waals surface area contributed by atoms with Gasteiger partial charge in [0.05, 0.1) is 18.3 Å². The Kier molecular flexibility index (Phi) is 5.01. The summed E-state index contributed by atoms with van der Waals surface area (Å²) in [5, 5.41) is 18.9. The molecule has 0 aliphatic heterocycles. The molecule has 164 valence electrons. The van der Waals surface area contributed by atoms with E-state index in [4.69, 9.17) is 9.63 Å². The third-order valence-electron chi connectivity index (χ3n) is 6.15. The third kappa shape index (κ3) is 3.46. The summed E-state index contributed by atoms with van der Waals surface area (Å²) >= 11 is 0. The summed E-state index contributed by atoms with van der Waals surface area (Å²) in [5.74, 6) is 0.196. The smallest absolute Gasteiger partial charge is 0.317 e. The van der Waals surface area contributed by atoms with E-state index in [1.165, 1.54) is 0 Å². The Morgan fingerprint density at radius 2 is 2.16 bits per heavy atom. The second-order valence-electron chi connectivity index (χ2n) is 8.62. The lowest BCUT2D eigenvalue weighted by atomic mass is 10.0. The number of benzene rings is 2. The molecule has 0 spiro atoms. The van der Waals surface area contributed by atoms with Gasteiger partial charge in [-0.2, -0.15) is 10.1 Å². The largest absolute Gasteiger partial charge is 0.480 e. The number of aromatic nitrogens is 4. The summed E-state index contributed by atoms with van der Waals surface area (Å²) in [5.41, 5.74) is 5.17. The molecule has 1 unspecified atom stereocenters. The molecule has 8 heteroatoms. The Hall–Kier alpha value is -3.52. The number of carboxylic acids is 1. The predicted octanol–water partition coefficient (Wildman–Crippen LogP) is 4.34. The molecular formula is C24H25N5O3. The summed E-state index contributed by atoms with van der Waals surface area (Å²) in [6.07, 6.45) is 3.58. The van der Waals surface area contributed by atoms with Crippen molar-refractivity contribution in [2.45, 2.75) is 38.8 Å². The summed E-state index contributed by atoms with van der Waals surface area (Å²) < 4.78 is 7.61. The first-order valence-electron chi connectivity index (χ1n) is 10.8. The molecule has 0 saturated carbocycles. The van der Waals surface area contributed by atoms with Crippen molar-refractivity contribution in [2.24, 2.45) is 0 Å². The topological polar surface area (TPSA) is 97.3 Å². The van der Waals surface area contributed by atoms with Crippen LogP contribution >= 0.6 is 0 Å². The molecule has 2 heterocycles. The molecule has 0 radical (unpaired) electrons. The van der Waals surface area contributed by atoms with Gasteiger partial charge < -0.3 is 9.63 Å². The van der Waals surface area contributed by atoms with Crippen LogP contribution in [0.3, 0.4) is 0 Å². The van der Waals surface area contributed by atoms with Gasteiger partial charge in [-0.05, 0) is 63.1 Å². The highest BCUT2D eigenvalue weighted by Gasteiger charge is 2.29. The van der Waals surface area contributed by atoms with E-state index in [2.05, 4.69) is 35.2 Å². The number of carboxylic acid groups (broad SMARTS) is 1. The number of hydrogen-bond donors (Lipinski definition) is 1. The SMILES string of the molecule is CC(C)n1ncc2cc(-c3nc(-c4cccc5c4CCC5N(C)CC(=O)O)no3)ccc21. The van der Waals surface area contributed by atoms with Crippen LogP contribution in [0.1, 0.15) is 43.5 Å². The number of rotatable bonds is 6. The predicted molar refractivity (Wildman–Crippen MR) is 120 cm³/mol. The van der Waals surface area contributed by atoms with Crippen LogP contribution in [0.5, 0.6) is 0 Å². The van der Waals surface area contributed by atoms with E-state index in [1.54, 1.807) is 0 Å². The van der Waals surface area contributed by atoms with Crippen molar-refractivity contribution < 1.29 is 14.4 Å². The average molecular weight is 431 g/mol. The van der Waals surface area contributed by atoms with Gasteiger partial charge >= 0.3 is 5.97 Å². The molecular weight excluding hydrogens is 406 g/mol. The highest BCUT2D eigenvalue weighted by atomic mass is 16.5. The van der Waals surface area contributed by atoms with Crippen LogP contribution in [-0.2, 0) is 11.2 Å². The lowest BCUT2D eigenvalue weighted by Gasteiger charge is -2.23. The fourth-order valence-corrected chi connectivity index (χ4v) is 4.67. The molecule has 1 aliphatic carbocycles. The van der Waals surface area contributed by atoms with Crippen molar-refractivity contribution >= 4 is 16.9 Å². The normalized spacial score (nSPS) is 15.7. The van der Waals surface area contributed by atoms with Crippen molar-refractivity contribution in [3.8, 4) is 22.8 Å². The zero-order valence-corrected chi connectivity index (χ0v) is 18.3. The van der Waals surface area contributed by atoms with Crippen molar-refractivity contribution in [1.82, 2.24) is 24.8 Å². The maximum absolute atomic E-state index is 11.1. The number of aliphatic carboxylic acids is 1. The van der Waals surface area contributed by atoms with Gasteiger partial charge in [-0.3, -0.25) is 14.4 Å². The van der Waals surface area contributed by atoms with E-state index in [0.717, 1.165) is 46.0 Å².